The molecule has 0 aliphatic heterocycles. The third-order valence-electron chi connectivity index (χ3n) is 4.97. The smallest absolute Gasteiger partial charge is 0.407 e. The van der Waals surface area contributed by atoms with Gasteiger partial charge >= 0.3 is 6.09 Å². The summed E-state index contributed by atoms with van der Waals surface area (Å²) in [5.74, 6) is -0.0359. The van der Waals surface area contributed by atoms with Crippen LogP contribution in [0.1, 0.15) is 30.4 Å². The maximum atomic E-state index is 12.3. The van der Waals surface area contributed by atoms with Crippen molar-refractivity contribution in [2.45, 2.75) is 37.5 Å². The molecule has 0 saturated heterocycles. The fraction of sp³-hybridized carbons (Fsp3) is 0.318. The Morgan fingerprint density at radius 2 is 1.70 bits per heavy atom. The van der Waals surface area contributed by atoms with Gasteiger partial charge in [-0.05, 0) is 35.6 Å². The average molecular weight is 367 g/mol. The van der Waals surface area contributed by atoms with E-state index >= 15 is 0 Å². The van der Waals surface area contributed by atoms with Crippen molar-refractivity contribution >= 4 is 6.09 Å². The van der Waals surface area contributed by atoms with E-state index in [0.29, 0.717) is 0 Å². The predicted octanol–water partition coefficient (Wildman–Crippen LogP) is 3.21. The standard InChI is InChI=1S/C22H25NO4/c1-3-8-20(25)21(14(2)24)23-22(26)27-13-19-17-11-6-4-9-15(17)16-10-5-7-12-18(16)19/h3-7,9-12,14,19-21,24-25H,1,8,13H2,2H3,(H,23,26)/t14-,20-,21+/m0/s1. The van der Waals surface area contributed by atoms with Crippen molar-refractivity contribution in [1.82, 2.24) is 5.32 Å². The SMILES string of the molecule is C=CC[C@H](O)[C@H](NC(=O)OCC1c2ccccc2-c2ccccc21)[C@H](C)O. The number of hydrogen-bond acceptors (Lipinski definition) is 4. The first-order valence-corrected chi connectivity index (χ1v) is 9.11. The van der Waals surface area contributed by atoms with Gasteiger partial charge in [-0.1, -0.05) is 54.6 Å². The van der Waals surface area contributed by atoms with Crippen LogP contribution in [0, 0.1) is 0 Å². The van der Waals surface area contributed by atoms with E-state index in [0.717, 1.165) is 22.3 Å². The van der Waals surface area contributed by atoms with Crippen LogP contribution < -0.4 is 5.32 Å². The first-order valence-electron chi connectivity index (χ1n) is 9.11. The quantitative estimate of drug-likeness (QED) is 0.657. The van der Waals surface area contributed by atoms with E-state index in [1.165, 1.54) is 6.92 Å². The average Bonchev–Trinajstić information content (AvgIpc) is 2.98. The van der Waals surface area contributed by atoms with Crippen molar-refractivity contribution in [2.75, 3.05) is 6.61 Å². The van der Waals surface area contributed by atoms with E-state index in [1.807, 2.05) is 36.4 Å². The van der Waals surface area contributed by atoms with Crippen molar-refractivity contribution in [3.05, 3.63) is 72.3 Å². The van der Waals surface area contributed by atoms with Gasteiger partial charge in [-0.15, -0.1) is 6.58 Å². The summed E-state index contributed by atoms with van der Waals surface area (Å²) >= 11 is 0. The van der Waals surface area contributed by atoms with Crippen LogP contribution in [-0.2, 0) is 4.74 Å². The number of fused-ring (bicyclic) bond motifs is 3. The zero-order chi connectivity index (χ0) is 19.4. The number of hydrogen-bond donors (Lipinski definition) is 3. The van der Waals surface area contributed by atoms with E-state index in [-0.39, 0.29) is 18.9 Å². The molecular weight excluding hydrogens is 342 g/mol. The van der Waals surface area contributed by atoms with Crippen LogP contribution in [0.15, 0.2) is 61.2 Å². The Morgan fingerprint density at radius 3 is 2.22 bits per heavy atom. The van der Waals surface area contributed by atoms with Crippen LogP contribution in [0.5, 0.6) is 0 Å². The van der Waals surface area contributed by atoms with Gasteiger partial charge in [0, 0.05) is 5.92 Å². The number of aliphatic hydroxyl groups excluding tert-OH is 2. The highest BCUT2D eigenvalue weighted by Crippen LogP contribution is 2.44. The van der Waals surface area contributed by atoms with Gasteiger partial charge < -0.3 is 20.3 Å². The minimum Gasteiger partial charge on any atom is -0.449 e. The second-order valence-electron chi connectivity index (χ2n) is 6.83. The number of carbonyl (C=O) groups is 1. The Balaban J connectivity index is 1.69. The molecule has 1 amide bonds. The highest BCUT2D eigenvalue weighted by molar-refractivity contribution is 5.79. The monoisotopic (exact) mass is 367 g/mol. The number of nitrogens with one attached hydrogen (secondary N) is 1. The highest BCUT2D eigenvalue weighted by Gasteiger charge is 2.30. The van der Waals surface area contributed by atoms with Crippen molar-refractivity contribution in [3.63, 3.8) is 0 Å². The third kappa shape index (κ3) is 4.04. The lowest BCUT2D eigenvalue weighted by Gasteiger charge is -2.26. The number of rotatable bonds is 7. The minimum absolute atomic E-state index is 0.0359. The molecule has 2 aromatic rings. The van der Waals surface area contributed by atoms with Gasteiger partial charge in [-0.3, -0.25) is 0 Å². The molecule has 27 heavy (non-hydrogen) atoms. The molecule has 142 valence electrons. The molecule has 1 aliphatic rings. The Hall–Kier alpha value is -2.63. The molecule has 5 heteroatoms. The maximum absolute atomic E-state index is 12.3. The van der Waals surface area contributed by atoms with Crippen LogP contribution >= 0.6 is 0 Å². The lowest BCUT2D eigenvalue weighted by molar-refractivity contribution is 0.0433. The van der Waals surface area contributed by atoms with E-state index in [9.17, 15) is 15.0 Å². The summed E-state index contributed by atoms with van der Waals surface area (Å²) in [6.45, 7) is 5.27. The van der Waals surface area contributed by atoms with Crippen molar-refractivity contribution in [1.29, 1.82) is 0 Å². The zero-order valence-corrected chi connectivity index (χ0v) is 15.3. The molecular formula is C22H25NO4. The maximum Gasteiger partial charge on any atom is 0.407 e. The minimum atomic E-state index is -0.928. The van der Waals surface area contributed by atoms with Crippen LogP contribution in [0.3, 0.4) is 0 Å². The normalized spacial score (nSPS) is 16.0. The van der Waals surface area contributed by atoms with E-state index in [4.69, 9.17) is 4.74 Å². The summed E-state index contributed by atoms with van der Waals surface area (Å²) in [7, 11) is 0. The third-order valence-corrected chi connectivity index (χ3v) is 4.97. The first-order chi connectivity index (χ1) is 13.0. The van der Waals surface area contributed by atoms with Crippen LogP contribution in [0.25, 0.3) is 11.1 Å². The Labute approximate surface area is 159 Å². The lowest BCUT2D eigenvalue weighted by atomic mass is 9.98. The highest BCUT2D eigenvalue weighted by atomic mass is 16.5. The van der Waals surface area contributed by atoms with Gasteiger partial charge in [0.05, 0.1) is 18.2 Å². The predicted molar refractivity (Wildman–Crippen MR) is 104 cm³/mol. The second-order valence-corrected chi connectivity index (χ2v) is 6.83. The van der Waals surface area contributed by atoms with Gasteiger partial charge in [0.2, 0.25) is 0 Å². The number of ether oxygens (including phenoxy) is 1. The van der Waals surface area contributed by atoms with Gasteiger partial charge in [-0.25, -0.2) is 4.79 Å². The Morgan fingerprint density at radius 1 is 1.15 bits per heavy atom. The molecule has 1 aliphatic carbocycles. The van der Waals surface area contributed by atoms with Crippen LogP contribution in [-0.4, -0.2) is 41.2 Å². The Kier molecular flexibility index (Phi) is 5.94. The van der Waals surface area contributed by atoms with E-state index < -0.39 is 24.3 Å². The Bertz CT molecular complexity index is 772. The van der Waals surface area contributed by atoms with E-state index in [2.05, 4.69) is 24.0 Å². The van der Waals surface area contributed by atoms with Gasteiger partial charge in [0.15, 0.2) is 0 Å². The summed E-state index contributed by atoms with van der Waals surface area (Å²) in [5.41, 5.74) is 4.58. The summed E-state index contributed by atoms with van der Waals surface area (Å²) in [4.78, 5) is 12.3. The molecule has 0 aromatic heterocycles. The van der Waals surface area contributed by atoms with E-state index in [1.54, 1.807) is 6.08 Å². The second kappa shape index (κ2) is 8.37. The summed E-state index contributed by atoms with van der Waals surface area (Å²) in [5, 5.41) is 22.5. The first kappa shape index (κ1) is 19.1. The molecule has 0 bridgehead atoms. The molecule has 0 heterocycles. The molecule has 3 N–H and O–H groups in total. The molecule has 0 unspecified atom stereocenters. The molecule has 0 spiro atoms. The van der Waals surface area contributed by atoms with Gasteiger partial charge in [0.1, 0.15) is 6.61 Å². The summed E-state index contributed by atoms with van der Waals surface area (Å²) in [6.07, 6.45) is -0.701. The molecule has 0 saturated carbocycles. The molecule has 3 rings (SSSR count). The van der Waals surface area contributed by atoms with Crippen LogP contribution in [0.4, 0.5) is 4.79 Å². The van der Waals surface area contributed by atoms with Gasteiger partial charge in [0.25, 0.3) is 0 Å². The van der Waals surface area contributed by atoms with Crippen molar-refractivity contribution in [2.24, 2.45) is 0 Å². The fourth-order valence-electron chi connectivity index (χ4n) is 3.63. The van der Waals surface area contributed by atoms with Gasteiger partial charge in [-0.2, -0.15) is 0 Å². The number of carbonyl (C=O) groups excluding carboxylic acids is 1. The largest absolute Gasteiger partial charge is 0.449 e. The number of benzene rings is 2. The molecule has 0 radical (unpaired) electrons. The zero-order valence-electron chi connectivity index (χ0n) is 15.3. The topological polar surface area (TPSA) is 78.8 Å². The summed E-state index contributed by atoms with van der Waals surface area (Å²) in [6, 6.07) is 15.4. The summed E-state index contributed by atoms with van der Waals surface area (Å²) < 4.78 is 5.45. The van der Waals surface area contributed by atoms with Crippen LogP contribution in [0.2, 0.25) is 0 Å². The lowest BCUT2D eigenvalue weighted by Crippen LogP contribution is -2.50. The molecule has 5 nitrogen and oxygen atoms in total. The molecule has 0 fully saturated rings. The van der Waals surface area contributed by atoms with Crippen molar-refractivity contribution in [3.8, 4) is 11.1 Å². The number of alkyl carbamates (subject to hydrolysis) is 1. The number of amides is 1. The number of aliphatic hydroxyl groups is 2. The molecule has 3 atom stereocenters. The van der Waals surface area contributed by atoms with Crippen molar-refractivity contribution < 1.29 is 19.7 Å². The fourth-order valence-corrected chi connectivity index (χ4v) is 3.63. The molecule has 2 aromatic carbocycles.